The number of imidazole rings is 1. The van der Waals surface area contributed by atoms with Crippen LogP contribution in [-0.4, -0.2) is 14.5 Å². The van der Waals surface area contributed by atoms with Crippen LogP contribution in [0.25, 0.3) is 5.65 Å². The molecular weight excluding hydrogens is 164 g/mol. The molecule has 1 N–H and O–H groups in total. The van der Waals surface area contributed by atoms with Gasteiger partial charge < -0.3 is 5.11 Å². The molecule has 2 rings (SSSR count). The van der Waals surface area contributed by atoms with Gasteiger partial charge in [-0.15, -0.1) is 0 Å². The van der Waals surface area contributed by atoms with Gasteiger partial charge in [-0.2, -0.15) is 0 Å². The summed E-state index contributed by atoms with van der Waals surface area (Å²) in [6.45, 7) is 0. The molecule has 0 aliphatic rings. The first kappa shape index (κ1) is 6.49. The molecular formula is C7H5ClN2O. The van der Waals surface area contributed by atoms with Gasteiger partial charge in [-0.05, 0) is 12.1 Å². The molecule has 3 nitrogen and oxygen atoms in total. The molecule has 0 aromatic carbocycles. The smallest absolute Gasteiger partial charge is 0.215 e. The maximum atomic E-state index is 9.18. The van der Waals surface area contributed by atoms with Crippen molar-refractivity contribution in [3.05, 3.63) is 29.5 Å². The van der Waals surface area contributed by atoms with Crippen LogP contribution >= 0.6 is 11.6 Å². The molecule has 0 spiro atoms. The van der Waals surface area contributed by atoms with Gasteiger partial charge in [0, 0.05) is 6.20 Å². The number of nitrogens with zero attached hydrogens (tertiary/aromatic N) is 2. The molecule has 11 heavy (non-hydrogen) atoms. The van der Waals surface area contributed by atoms with Crippen LogP contribution in [0.3, 0.4) is 0 Å². The van der Waals surface area contributed by atoms with Crippen molar-refractivity contribution >= 4 is 17.2 Å². The zero-order valence-corrected chi connectivity index (χ0v) is 6.28. The second kappa shape index (κ2) is 2.13. The summed E-state index contributed by atoms with van der Waals surface area (Å²) in [7, 11) is 0. The SMILES string of the molecule is Oc1cnc2c(Cl)cccn12. The van der Waals surface area contributed by atoms with Crippen LogP contribution in [0.5, 0.6) is 5.88 Å². The molecule has 0 amide bonds. The predicted molar refractivity (Wildman–Crippen MR) is 41.9 cm³/mol. The summed E-state index contributed by atoms with van der Waals surface area (Å²) in [6, 6.07) is 3.47. The van der Waals surface area contributed by atoms with Crippen molar-refractivity contribution in [2.24, 2.45) is 0 Å². The van der Waals surface area contributed by atoms with Crippen LogP contribution in [-0.2, 0) is 0 Å². The van der Waals surface area contributed by atoms with Crippen LogP contribution in [0.15, 0.2) is 24.5 Å². The summed E-state index contributed by atoms with van der Waals surface area (Å²) >= 11 is 5.78. The van der Waals surface area contributed by atoms with E-state index in [1.54, 1.807) is 18.3 Å². The lowest BCUT2D eigenvalue weighted by Crippen LogP contribution is -1.82. The molecule has 0 atom stereocenters. The lowest BCUT2D eigenvalue weighted by molar-refractivity contribution is 0.448. The second-order valence-corrected chi connectivity index (χ2v) is 2.57. The van der Waals surface area contributed by atoms with E-state index in [1.165, 1.54) is 10.6 Å². The Kier molecular flexibility index (Phi) is 1.26. The monoisotopic (exact) mass is 168 g/mol. The summed E-state index contributed by atoms with van der Waals surface area (Å²) in [5, 5.41) is 9.71. The topological polar surface area (TPSA) is 37.5 Å². The first-order valence-corrected chi connectivity index (χ1v) is 3.47. The van der Waals surface area contributed by atoms with E-state index in [2.05, 4.69) is 4.98 Å². The summed E-state index contributed by atoms with van der Waals surface area (Å²) in [6.07, 6.45) is 3.06. The zero-order valence-electron chi connectivity index (χ0n) is 5.53. The Bertz CT molecular complexity index is 396. The molecule has 2 aromatic rings. The highest BCUT2D eigenvalue weighted by atomic mass is 35.5. The minimum absolute atomic E-state index is 0.0995. The molecule has 0 fully saturated rings. The van der Waals surface area contributed by atoms with Gasteiger partial charge >= 0.3 is 0 Å². The van der Waals surface area contributed by atoms with Crippen molar-refractivity contribution in [3.63, 3.8) is 0 Å². The van der Waals surface area contributed by atoms with Gasteiger partial charge in [-0.25, -0.2) is 4.98 Å². The summed E-state index contributed by atoms with van der Waals surface area (Å²) in [5.41, 5.74) is 0.576. The zero-order chi connectivity index (χ0) is 7.84. The highest BCUT2D eigenvalue weighted by molar-refractivity contribution is 6.33. The fourth-order valence-corrected chi connectivity index (χ4v) is 1.18. The van der Waals surface area contributed by atoms with Crippen molar-refractivity contribution in [1.29, 1.82) is 0 Å². The van der Waals surface area contributed by atoms with E-state index in [-0.39, 0.29) is 5.88 Å². The molecule has 56 valence electrons. The normalized spacial score (nSPS) is 10.6. The molecule has 2 aromatic heterocycles. The maximum Gasteiger partial charge on any atom is 0.215 e. The molecule has 0 aliphatic heterocycles. The first-order chi connectivity index (χ1) is 5.29. The quantitative estimate of drug-likeness (QED) is 0.650. The van der Waals surface area contributed by atoms with E-state index in [9.17, 15) is 5.11 Å². The standard InChI is InChI=1S/C7H5ClN2O/c8-5-2-1-3-10-6(11)4-9-7(5)10/h1-4,11H. The van der Waals surface area contributed by atoms with Gasteiger partial charge in [-0.1, -0.05) is 11.6 Å². The first-order valence-electron chi connectivity index (χ1n) is 3.09. The third-order valence-corrected chi connectivity index (χ3v) is 1.76. The van der Waals surface area contributed by atoms with E-state index in [4.69, 9.17) is 11.6 Å². The Morgan fingerprint density at radius 3 is 3.09 bits per heavy atom. The average molecular weight is 169 g/mol. The highest BCUT2D eigenvalue weighted by Crippen LogP contribution is 2.19. The van der Waals surface area contributed by atoms with Crippen molar-refractivity contribution in [3.8, 4) is 5.88 Å². The molecule has 0 radical (unpaired) electrons. The van der Waals surface area contributed by atoms with Crippen LogP contribution in [0.2, 0.25) is 5.02 Å². The number of halogens is 1. The lowest BCUT2D eigenvalue weighted by atomic mass is 10.5. The number of hydrogen-bond donors (Lipinski definition) is 1. The fraction of sp³-hybridized carbons (Fsp3) is 0. The second-order valence-electron chi connectivity index (χ2n) is 2.17. The molecule has 4 heteroatoms. The largest absolute Gasteiger partial charge is 0.493 e. The lowest BCUT2D eigenvalue weighted by Gasteiger charge is -1.94. The van der Waals surface area contributed by atoms with Crippen molar-refractivity contribution in [2.45, 2.75) is 0 Å². The van der Waals surface area contributed by atoms with E-state index in [1.807, 2.05) is 0 Å². The Hall–Kier alpha value is -1.22. The molecule has 0 bridgehead atoms. The summed E-state index contributed by atoms with van der Waals surface area (Å²) < 4.78 is 1.52. The van der Waals surface area contributed by atoms with Gasteiger partial charge in [0.25, 0.3) is 0 Å². The Morgan fingerprint density at radius 1 is 1.55 bits per heavy atom. The van der Waals surface area contributed by atoms with Crippen LogP contribution in [0, 0.1) is 0 Å². The third kappa shape index (κ3) is 0.851. The van der Waals surface area contributed by atoms with Gasteiger partial charge in [0.05, 0.1) is 11.2 Å². The van der Waals surface area contributed by atoms with E-state index in [0.717, 1.165) is 0 Å². The van der Waals surface area contributed by atoms with Gasteiger partial charge in [0.1, 0.15) is 0 Å². The molecule has 0 unspecified atom stereocenters. The Morgan fingerprint density at radius 2 is 2.36 bits per heavy atom. The van der Waals surface area contributed by atoms with Crippen LogP contribution in [0.4, 0.5) is 0 Å². The van der Waals surface area contributed by atoms with E-state index in [0.29, 0.717) is 10.7 Å². The summed E-state index contributed by atoms with van der Waals surface area (Å²) in [4.78, 5) is 3.90. The van der Waals surface area contributed by atoms with Gasteiger partial charge in [0.2, 0.25) is 5.88 Å². The molecule has 0 saturated heterocycles. The Balaban J connectivity index is 2.94. The minimum atomic E-state index is 0.0995. The molecule has 2 heterocycles. The van der Waals surface area contributed by atoms with Crippen molar-refractivity contribution in [2.75, 3.05) is 0 Å². The number of rotatable bonds is 0. The number of aromatic hydroxyl groups is 1. The maximum absolute atomic E-state index is 9.18. The van der Waals surface area contributed by atoms with E-state index >= 15 is 0 Å². The number of fused-ring (bicyclic) bond motifs is 1. The highest BCUT2D eigenvalue weighted by Gasteiger charge is 2.02. The molecule has 0 saturated carbocycles. The number of aromatic nitrogens is 2. The van der Waals surface area contributed by atoms with Crippen molar-refractivity contribution in [1.82, 2.24) is 9.38 Å². The predicted octanol–water partition coefficient (Wildman–Crippen LogP) is 1.69. The minimum Gasteiger partial charge on any atom is -0.493 e. The fourth-order valence-electron chi connectivity index (χ4n) is 0.964. The van der Waals surface area contributed by atoms with Crippen molar-refractivity contribution < 1.29 is 5.11 Å². The average Bonchev–Trinajstić information content (AvgIpc) is 2.35. The van der Waals surface area contributed by atoms with Gasteiger partial charge in [-0.3, -0.25) is 4.40 Å². The summed E-state index contributed by atoms with van der Waals surface area (Å²) in [5.74, 6) is 0.0995. The third-order valence-electron chi connectivity index (χ3n) is 1.47. The van der Waals surface area contributed by atoms with E-state index < -0.39 is 0 Å². The molecule has 0 aliphatic carbocycles. The number of hydrogen-bond acceptors (Lipinski definition) is 2. The number of pyridine rings is 1. The van der Waals surface area contributed by atoms with Crippen LogP contribution < -0.4 is 0 Å². The van der Waals surface area contributed by atoms with Gasteiger partial charge in [0.15, 0.2) is 5.65 Å². The Labute approximate surface area is 67.9 Å². The van der Waals surface area contributed by atoms with Crippen LogP contribution in [0.1, 0.15) is 0 Å².